The number of hydrogen-bond acceptors (Lipinski definition) is 2. The van der Waals surface area contributed by atoms with E-state index in [0.29, 0.717) is 12.5 Å². The zero-order valence-corrected chi connectivity index (χ0v) is 8.23. The molecule has 2 heteroatoms. The molecule has 0 spiro atoms. The Morgan fingerprint density at radius 3 is 2.46 bits per heavy atom. The topological polar surface area (TPSA) is 35.2 Å². The lowest BCUT2D eigenvalue weighted by Crippen LogP contribution is -2.31. The first-order valence-electron chi connectivity index (χ1n) is 4.55. The standard InChI is InChI=1S/C11H17NO/c1-9(11(12)8-13-2)10-6-4-3-5-7-10/h3-7,9,11H,8,12H2,1-2H3. The van der Waals surface area contributed by atoms with Gasteiger partial charge in [-0.1, -0.05) is 37.3 Å². The van der Waals surface area contributed by atoms with Gasteiger partial charge >= 0.3 is 0 Å². The monoisotopic (exact) mass is 179 g/mol. The summed E-state index contributed by atoms with van der Waals surface area (Å²) in [6, 6.07) is 10.3. The van der Waals surface area contributed by atoms with Gasteiger partial charge in [0, 0.05) is 13.2 Å². The van der Waals surface area contributed by atoms with Crippen molar-refractivity contribution in [2.75, 3.05) is 13.7 Å². The van der Waals surface area contributed by atoms with Crippen LogP contribution in [0.3, 0.4) is 0 Å². The molecule has 0 fully saturated rings. The Morgan fingerprint density at radius 1 is 1.31 bits per heavy atom. The molecule has 0 amide bonds. The van der Waals surface area contributed by atoms with Gasteiger partial charge in [0.1, 0.15) is 0 Å². The molecule has 0 saturated heterocycles. The molecule has 72 valence electrons. The van der Waals surface area contributed by atoms with E-state index in [2.05, 4.69) is 19.1 Å². The van der Waals surface area contributed by atoms with Crippen molar-refractivity contribution in [1.29, 1.82) is 0 Å². The molecular weight excluding hydrogens is 162 g/mol. The van der Waals surface area contributed by atoms with Crippen LogP contribution in [0.5, 0.6) is 0 Å². The van der Waals surface area contributed by atoms with Gasteiger partial charge in [-0.15, -0.1) is 0 Å². The third-order valence-corrected chi connectivity index (χ3v) is 2.33. The highest BCUT2D eigenvalue weighted by Crippen LogP contribution is 2.17. The smallest absolute Gasteiger partial charge is 0.0619 e. The van der Waals surface area contributed by atoms with Crippen molar-refractivity contribution in [2.24, 2.45) is 5.73 Å². The number of methoxy groups -OCH3 is 1. The van der Waals surface area contributed by atoms with E-state index in [1.54, 1.807) is 7.11 Å². The molecule has 1 aromatic carbocycles. The SMILES string of the molecule is COCC(N)C(C)c1ccccc1. The fourth-order valence-corrected chi connectivity index (χ4v) is 1.34. The minimum atomic E-state index is 0.0763. The van der Waals surface area contributed by atoms with Gasteiger partial charge in [-0.25, -0.2) is 0 Å². The molecule has 0 aliphatic heterocycles. The zero-order chi connectivity index (χ0) is 9.68. The zero-order valence-electron chi connectivity index (χ0n) is 8.23. The Labute approximate surface area is 79.7 Å². The highest BCUT2D eigenvalue weighted by molar-refractivity contribution is 5.20. The van der Waals surface area contributed by atoms with Crippen molar-refractivity contribution in [1.82, 2.24) is 0 Å². The Morgan fingerprint density at radius 2 is 1.92 bits per heavy atom. The molecule has 0 radical (unpaired) electrons. The van der Waals surface area contributed by atoms with Crippen molar-refractivity contribution < 1.29 is 4.74 Å². The molecule has 13 heavy (non-hydrogen) atoms. The fraction of sp³-hybridized carbons (Fsp3) is 0.455. The molecule has 0 heterocycles. The van der Waals surface area contributed by atoms with Crippen LogP contribution in [0.15, 0.2) is 30.3 Å². The number of ether oxygens (including phenoxy) is 1. The maximum absolute atomic E-state index is 5.93. The van der Waals surface area contributed by atoms with E-state index in [4.69, 9.17) is 10.5 Å². The summed E-state index contributed by atoms with van der Waals surface area (Å²) >= 11 is 0. The number of rotatable bonds is 4. The van der Waals surface area contributed by atoms with E-state index in [1.165, 1.54) is 5.56 Å². The predicted molar refractivity (Wildman–Crippen MR) is 54.7 cm³/mol. The lowest BCUT2D eigenvalue weighted by molar-refractivity contribution is 0.172. The van der Waals surface area contributed by atoms with Gasteiger partial charge in [-0.05, 0) is 11.5 Å². The molecule has 0 saturated carbocycles. The molecule has 0 bridgehead atoms. The number of hydrogen-bond donors (Lipinski definition) is 1. The van der Waals surface area contributed by atoms with E-state index in [1.807, 2.05) is 18.2 Å². The Kier molecular flexibility index (Phi) is 3.93. The summed E-state index contributed by atoms with van der Waals surface area (Å²) in [5, 5.41) is 0. The highest BCUT2D eigenvalue weighted by atomic mass is 16.5. The summed E-state index contributed by atoms with van der Waals surface area (Å²) in [5.74, 6) is 0.348. The van der Waals surface area contributed by atoms with Crippen molar-refractivity contribution >= 4 is 0 Å². The second kappa shape index (κ2) is 5.00. The summed E-state index contributed by atoms with van der Waals surface area (Å²) in [6.45, 7) is 2.73. The van der Waals surface area contributed by atoms with Crippen LogP contribution in [0.2, 0.25) is 0 Å². The quantitative estimate of drug-likeness (QED) is 0.764. The molecule has 0 aromatic heterocycles. The minimum Gasteiger partial charge on any atom is -0.383 e. The van der Waals surface area contributed by atoms with Gasteiger partial charge in [0.05, 0.1) is 6.61 Å². The Bertz CT molecular complexity index is 235. The summed E-state index contributed by atoms with van der Waals surface area (Å²) < 4.78 is 5.02. The van der Waals surface area contributed by atoms with E-state index < -0.39 is 0 Å². The Hall–Kier alpha value is -0.860. The van der Waals surface area contributed by atoms with Crippen LogP contribution in [0, 0.1) is 0 Å². The lowest BCUT2D eigenvalue weighted by Gasteiger charge is -2.19. The van der Waals surface area contributed by atoms with Crippen LogP contribution in [0.1, 0.15) is 18.4 Å². The van der Waals surface area contributed by atoms with Gasteiger partial charge in [-0.2, -0.15) is 0 Å². The van der Waals surface area contributed by atoms with E-state index >= 15 is 0 Å². The van der Waals surface area contributed by atoms with Gasteiger partial charge in [0.15, 0.2) is 0 Å². The molecule has 1 rings (SSSR count). The van der Waals surface area contributed by atoms with Gasteiger partial charge in [0.2, 0.25) is 0 Å². The van der Waals surface area contributed by atoms with Crippen LogP contribution >= 0.6 is 0 Å². The number of benzene rings is 1. The van der Waals surface area contributed by atoms with E-state index in [-0.39, 0.29) is 6.04 Å². The molecule has 2 N–H and O–H groups in total. The van der Waals surface area contributed by atoms with Crippen LogP contribution in [0.4, 0.5) is 0 Å². The molecular formula is C11H17NO. The first kappa shape index (κ1) is 10.2. The van der Waals surface area contributed by atoms with Crippen molar-refractivity contribution in [2.45, 2.75) is 18.9 Å². The molecule has 2 unspecified atom stereocenters. The lowest BCUT2D eigenvalue weighted by atomic mass is 9.94. The highest BCUT2D eigenvalue weighted by Gasteiger charge is 2.13. The van der Waals surface area contributed by atoms with Crippen LogP contribution in [-0.4, -0.2) is 19.8 Å². The number of nitrogens with two attached hydrogens (primary N) is 1. The summed E-state index contributed by atoms with van der Waals surface area (Å²) in [5.41, 5.74) is 7.21. The minimum absolute atomic E-state index is 0.0763. The summed E-state index contributed by atoms with van der Waals surface area (Å²) in [7, 11) is 1.68. The third-order valence-electron chi connectivity index (χ3n) is 2.33. The maximum Gasteiger partial charge on any atom is 0.0619 e. The largest absolute Gasteiger partial charge is 0.383 e. The van der Waals surface area contributed by atoms with Crippen LogP contribution in [0.25, 0.3) is 0 Å². The van der Waals surface area contributed by atoms with E-state index in [0.717, 1.165) is 0 Å². The molecule has 0 aliphatic rings. The fourth-order valence-electron chi connectivity index (χ4n) is 1.34. The maximum atomic E-state index is 5.93. The average Bonchev–Trinajstić information content (AvgIpc) is 2.18. The van der Waals surface area contributed by atoms with Gasteiger partial charge in [-0.3, -0.25) is 0 Å². The molecule has 1 aromatic rings. The summed E-state index contributed by atoms with van der Waals surface area (Å²) in [6.07, 6.45) is 0. The molecule has 2 atom stereocenters. The van der Waals surface area contributed by atoms with Crippen molar-refractivity contribution in [3.05, 3.63) is 35.9 Å². The normalized spacial score (nSPS) is 15.3. The van der Waals surface area contributed by atoms with Crippen molar-refractivity contribution in [3.8, 4) is 0 Å². The molecule has 2 nitrogen and oxygen atoms in total. The Balaban J connectivity index is 2.62. The summed E-state index contributed by atoms with van der Waals surface area (Å²) in [4.78, 5) is 0. The van der Waals surface area contributed by atoms with Crippen molar-refractivity contribution in [3.63, 3.8) is 0 Å². The second-order valence-corrected chi connectivity index (χ2v) is 3.32. The van der Waals surface area contributed by atoms with Crippen LogP contribution in [-0.2, 0) is 4.74 Å². The second-order valence-electron chi connectivity index (χ2n) is 3.32. The van der Waals surface area contributed by atoms with Crippen LogP contribution < -0.4 is 5.73 Å². The van der Waals surface area contributed by atoms with Gasteiger partial charge < -0.3 is 10.5 Å². The van der Waals surface area contributed by atoms with Gasteiger partial charge in [0.25, 0.3) is 0 Å². The average molecular weight is 179 g/mol. The first-order valence-corrected chi connectivity index (χ1v) is 4.55. The third kappa shape index (κ3) is 2.83. The van der Waals surface area contributed by atoms with E-state index in [9.17, 15) is 0 Å². The predicted octanol–water partition coefficient (Wildman–Crippen LogP) is 1.76. The first-order chi connectivity index (χ1) is 6.25. The molecule has 0 aliphatic carbocycles.